The van der Waals surface area contributed by atoms with Gasteiger partial charge in [0.25, 0.3) is 0 Å². The van der Waals surface area contributed by atoms with E-state index in [1.165, 1.54) is 6.92 Å². The minimum Gasteiger partial charge on any atom is -0.504 e. The fraction of sp³-hybridized carbons (Fsp3) is 0.300. The van der Waals surface area contributed by atoms with E-state index in [-0.39, 0.29) is 5.56 Å². The molecule has 0 heterocycles. The van der Waals surface area contributed by atoms with Gasteiger partial charge in [-0.25, -0.2) is 5.43 Å². The molecule has 6 N–H and O–H groups in total. The molecule has 0 saturated carbocycles. The van der Waals surface area contributed by atoms with E-state index < -0.39 is 47.6 Å². The molecule has 1 aromatic rings. The summed E-state index contributed by atoms with van der Waals surface area (Å²) in [6, 6.07) is -1.79. The zero-order chi connectivity index (χ0) is 15.0. The first kappa shape index (κ1) is 8.37. The second-order valence-corrected chi connectivity index (χ2v) is 3.51. The van der Waals surface area contributed by atoms with Gasteiger partial charge in [-0.2, -0.15) is 0 Å². The van der Waals surface area contributed by atoms with Crippen LogP contribution in [0.25, 0.3) is 0 Å². The standard InChI is InChI=1S/C10H14N2O4/c1-10(12-11,9(15)16)5-6-2-3-7(13)8(14)4-6/h2-4,12-14H,5,11H2,1H3,(H,15,16)/i2D,3D,4D. The summed E-state index contributed by atoms with van der Waals surface area (Å²) in [6.45, 7) is 1.24. The van der Waals surface area contributed by atoms with E-state index in [9.17, 15) is 15.0 Å². The van der Waals surface area contributed by atoms with Crippen LogP contribution in [0.4, 0.5) is 0 Å². The summed E-state index contributed by atoms with van der Waals surface area (Å²) >= 11 is 0. The first-order chi connectivity index (χ1) is 8.65. The number of phenols is 2. The lowest BCUT2D eigenvalue weighted by Gasteiger charge is -2.23. The molecule has 0 spiro atoms. The van der Waals surface area contributed by atoms with E-state index in [1.807, 2.05) is 0 Å². The molecule has 0 fully saturated rings. The summed E-state index contributed by atoms with van der Waals surface area (Å²) in [4.78, 5) is 11.1. The van der Waals surface area contributed by atoms with Gasteiger partial charge in [-0.1, -0.05) is 6.04 Å². The van der Waals surface area contributed by atoms with Crippen LogP contribution in [0.5, 0.6) is 11.5 Å². The molecule has 1 atom stereocenters. The molecule has 0 aliphatic carbocycles. The van der Waals surface area contributed by atoms with E-state index in [1.54, 1.807) is 0 Å². The monoisotopic (exact) mass is 229 g/mol. The van der Waals surface area contributed by atoms with Crippen LogP contribution in [0.2, 0.25) is 0 Å². The Morgan fingerprint density at radius 2 is 2.19 bits per heavy atom. The van der Waals surface area contributed by atoms with E-state index in [0.717, 1.165) is 0 Å². The van der Waals surface area contributed by atoms with Gasteiger partial charge in [-0.15, -0.1) is 0 Å². The summed E-state index contributed by atoms with van der Waals surface area (Å²) in [6.07, 6.45) is -0.393. The Labute approximate surface area is 96.5 Å². The zero-order valence-electron chi connectivity index (χ0n) is 11.5. The second-order valence-electron chi connectivity index (χ2n) is 3.51. The first-order valence-corrected chi connectivity index (χ1v) is 4.37. The Morgan fingerprint density at radius 3 is 2.69 bits per heavy atom. The van der Waals surface area contributed by atoms with Gasteiger partial charge < -0.3 is 15.3 Å². The van der Waals surface area contributed by atoms with Gasteiger partial charge in [0.1, 0.15) is 5.54 Å². The van der Waals surface area contributed by atoms with Gasteiger partial charge in [0.05, 0.1) is 4.11 Å². The molecule has 1 unspecified atom stereocenters. The van der Waals surface area contributed by atoms with Crippen molar-refractivity contribution in [2.75, 3.05) is 0 Å². The molecule has 0 amide bonds. The highest BCUT2D eigenvalue weighted by Crippen LogP contribution is 2.26. The number of phenolic OH excluding ortho intramolecular Hbond substituents is 2. The van der Waals surface area contributed by atoms with Crippen molar-refractivity contribution >= 4 is 5.97 Å². The SMILES string of the molecule is [2H]c1c([2H])c(CC(C)(NN)C(=O)O)c([2H])c(O)c1O. The van der Waals surface area contributed by atoms with E-state index in [4.69, 9.17) is 15.1 Å². The number of hydrogen-bond donors (Lipinski definition) is 5. The van der Waals surface area contributed by atoms with Crippen molar-refractivity contribution in [1.82, 2.24) is 5.43 Å². The zero-order valence-corrected chi connectivity index (χ0v) is 8.53. The molecular weight excluding hydrogens is 212 g/mol. The van der Waals surface area contributed by atoms with E-state index in [2.05, 4.69) is 5.43 Å². The molecule has 0 bridgehead atoms. The van der Waals surface area contributed by atoms with Gasteiger partial charge >= 0.3 is 5.97 Å². The molecule has 88 valence electrons. The van der Waals surface area contributed by atoms with Crippen molar-refractivity contribution in [3.63, 3.8) is 0 Å². The predicted molar refractivity (Wildman–Crippen MR) is 56.8 cm³/mol. The number of nitrogens with two attached hydrogens (primary N) is 1. The number of rotatable bonds is 4. The molecular formula is C10H14N2O4. The highest BCUT2D eigenvalue weighted by Gasteiger charge is 2.32. The number of carboxylic acid groups (broad SMARTS) is 1. The number of carbonyl (C=O) groups is 1. The Hall–Kier alpha value is -1.79. The topological polar surface area (TPSA) is 116 Å². The molecule has 0 saturated heterocycles. The average molecular weight is 229 g/mol. The number of benzene rings is 1. The maximum Gasteiger partial charge on any atom is 0.325 e. The van der Waals surface area contributed by atoms with Crippen molar-refractivity contribution in [3.8, 4) is 11.5 Å². The van der Waals surface area contributed by atoms with Crippen molar-refractivity contribution in [2.45, 2.75) is 18.9 Å². The number of carboxylic acids is 1. The predicted octanol–water partition coefficient (Wildman–Crippen LogP) is -0.0531. The molecule has 0 aromatic heterocycles. The molecule has 6 nitrogen and oxygen atoms in total. The van der Waals surface area contributed by atoms with Crippen molar-refractivity contribution < 1.29 is 24.2 Å². The van der Waals surface area contributed by atoms with Crippen molar-refractivity contribution in [3.05, 3.63) is 23.7 Å². The lowest BCUT2D eigenvalue weighted by molar-refractivity contribution is -0.144. The van der Waals surface area contributed by atoms with Gasteiger partial charge in [0.2, 0.25) is 0 Å². The molecule has 0 aliphatic rings. The van der Waals surface area contributed by atoms with Crippen LogP contribution >= 0.6 is 0 Å². The quantitative estimate of drug-likeness (QED) is 0.281. The highest BCUT2D eigenvalue weighted by atomic mass is 16.4. The number of aromatic hydroxyl groups is 2. The van der Waals surface area contributed by atoms with E-state index in [0.29, 0.717) is 0 Å². The van der Waals surface area contributed by atoms with Gasteiger partial charge in [-0.05, 0) is 24.6 Å². The summed E-state index contributed by atoms with van der Waals surface area (Å²) in [7, 11) is 0. The normalized spacial score (nSPS) is 17.0. The summed E-state index contributed by atoms with van der Waals surface area (Å²) < 4.78 is 22.6. The molecule has 0 radical (unpaired) electrons. The molecule has 0 aliphatic heterocycles. The minimum absolute atomic E-state index is 0.192. The highest BCUT2D eigenvalue weighted by molar-refractivity contribution is 5.78. The Kier molecular flexibility index (Phi) is 2.29. The van der Waals surface area contributed by atoms with Gasteiger partial charge in [-0.3, -0.25) is 10.6 Å². The lowest BCUT2D eigenvalue weighted by Crippen LogP contribution is -2.54. The van der Waals surface area contributed by atoms with Crippen LogP contribution in [0.3, 0.4) is 0 Å². The Balaban J connectivity index is 3.41. The smallest absolute Gasteiger partial charge is 0.325 e. The van der Waals surface area contributed by atoms with Crippen LogP contribution in [0.1, 0.15) is 16.6 Å². The number of aliphatic carboxylic acids is 1. The molecule has 16 heavy (non-hydrogen) atoms. The molecule has 1 rings (SSSR count). The van der Waals surface area contributed by atoms with Crippen LogP contribution in [0.15, 0.2) is 18.1 Å². The fourth-order valence-corrected chi connectivity index (χ4v) is 1.06. The van der Waals surface area contributed by atoms with Crippen LogP contribution in [-0.2, 0) is 11.2 Å². The molecule has 1 aromatic carbocycles. The third-order valence-corrected chi connectivity index (χ3v) is 2.15. The maximum absolute atomic E-state index is 11.1. The van der Waals surface area contributed by atoms with Crippen LogP contribution < -0.4 is 11.3 Å². The number of hydrazine groups is 1. The van der Waals surface area contributed by atoms with Crippen LogP contribution in [-0.4, -0.2) is 26.8 Å². The van der Waals surface area contributed by atoms with Gasteiger partial charge in [0, 0.05) is 6.42 Å². The summed E-state index contributed by atoms with van der Waals surface area (Å²) in [5.41, 5.74) is 0.206. The summed E-state index contributed by atoms with van der Waals surface area (Å²) in [5, 5.41) is 27.8. The average Bonchev–Trinajstić information content (AvgIpc) is 2.38. The van der Waals surface area contributed by atoms with E-state index >= 15 is 0 Å². The Morgan fingerprint density at radius 1 is 1.56 bits per heavy atom. The second kappa shape index (κ2) is 4.38. The number of hydrogen-bond acceptors (Lipinski definition) is 5. The van der Waals surface area contributed by atoms with Gasteiger partial charge in [0.15, 0.2) is 11.5 Å². The number of nitrogens with one attached hydrogen (secondary N) is 1. The van der Waals surface area contributed by atoms with Crippen molar-refractivity contribution in [2.24, 2.45) is 5.84 Å². The third-order valence-electron chi connectivity index (χ3n) is 2.15. The van der Waals surface area contributed by atoms with Crippen molar-refractivity contribution in [1.29, 1.82) is 0 Å². The summed E-state index contributed by atoms with van der Waals surface area (Å²) in [5.74, 6) is 2.10. The minimum atomic E-state index is -1.67. The maximum atomic E-state index is 11.1. The van der Waals surface area contributed by atoms with Crippen LogP contribution in [0, 0.1) is 0 Å². The third kappa shape index (κ3) is 2.41. The Bertz CT molecular complexity index is 509. The fourth-order valence-electron chi connectivity index (χ4n) is 1.06. The largest absolute Gasteiger partial charge is 0.504 e. The first-order valence-electron chi connectivity index (χ1n) is 5.87. The molecule has 6 heteroatoms. The lowest BCUT2D eigenvalue weighted by atomic mass is 9.93.